The largest absolute Gasteiger partial charge is 0.484 e. The third kappa shape index (κ3) is 6.73. The molecule has 7 heteroatoms. The highest BCUT2D eigenvalue weighted by atomic mass is 19.1. The highest BCUT2D eigenvalue weighted by molar-refractivity contribution is 5.77. The summed E-state index contributed by atoms with van der Waals surface area (Å²) in [6, 6.07) is 24.7. The molecule has 0 bridgehead atoms. The standard InChI is InChI=1S/C28H33FN4O2/c1-31(2)24-12-8-22(9-13-24)27(20-30-28(34)21-35-26-14-10-23(29)11-15-26)33-18-16-32(17-19-33)25-6-4-3-5-7-25/h3-15,27H,16-21H2,1-2H3,(H,30,34)/t27-/m1/s1. The minimum Gasteiger partial charge on any atom is -0.484 e. The molecule has 1 N–H and O–H groups in total. The van der Waals surface area contributed by atoms with Crippen LogP contribution in [0.5, 0.6) is 5.75 Å². The van der Waals surface area contributed by atoms with Gasteiger partial charge in [0.2, 0.25) is 0 Å². The van der Waals surface area contributed by atoms with E-state index in [-0.39, 0.29) is 24.4 Å². The van der Waals surface area contributed by atoms with E-state index in [1.807, 2.05) is 20.2 Å². The van der Waals surface area contributed by atoms with Crippen molar-refractivity contribution in [3.63, 3.8) is 0 Å². The van der Waals surface area contributed by atoms with E-state index < -0.39 is 0 Å². The van der Waals surface area contributed by atoms with Crippen LogP contribution in [0.4, 0.5) is 15.8 Å². The first-order valence-electron chi connectivity index (χ1n) is 12.0. The van der Waals surface area contributed by atoms with Crippen LogP contribution in [0, 0.1) is 5.82 Å². The van der Waals surface area contributed by atoms with E-state index in [2.05, 4.69) is 68.5 Å². The third-order valence-electron chi connectivity index (χ3n) is 6.35. The van der Waals surface area contributed by atoms with Gasteiger partial charge in [-0.25, -0.2) is 4.39 Å². The van der Waals surface area contributed by atoms with E-state index in [1.54, 1.807) is 0 Å². The van der Waals surface area contributed by atoms with Crippen LogP contribution in [0.3, 0.4) is 0 Å². The molecule has 6 nitrogen and oxygen atoms in total. The van der Waals surface area contributed by atoms with Crippen molar-refractivity contribution >= 4 is 17.3 Å². The van der Waals surface area contributed by atoms with E-state index in [4.69, 9.17) is 4.74 Å². The second kappa shape index (κ2) is 11.7. The third-order valence-corrected chi connectivity index (χ3v) is 6.35. The van der Waals surface area contributed by atoms with E-state index in [0.717, 1.165) is 31.9 Å². The number of ether oxygens (including phenoxy) is 1. The highest BCUT2D eigenvalue weighted by Gasteiger charge is 2.26. The number of benzene rings is 3. The molecule has 0 aromatic heterocycles. The minimum absolute atomic E-state index is 0.0545. The molecule has 1 amide bonds. The van der Waals surface area contributed by atoms with E-state index in [9.17, 15) is 9.18 Å². The van der Waals surface area contributed by atoms with Crippen molar-refractivity contribution < 1.29 is 13.9 Å². The normalized spacial score (nSPS) is 14.9. The van der Waals surface area contributed by atoms with Crippen LogP contribution in [-0.4, -0.2) is 64.2 Å². The molecular formula is C28H33FN4O2. The Balaban J connectivity index is 1.39. The van der Waals surface area contributed by atoms with Crippen LogP contribution in [0.2, 0.25) is 0 Å². The van der Waals surface area contributed by atoms with Crippen LogP contribution in [-0.2, 0) is 4.79 Å². The zero-order valence-corrected chi connectivity index (χ0v) is 20.4. The Labute approximate surface area is 206 Å². The number of carbonyl (C=O) groups is 1. The molecule has 1 saturated heterocycles. The fourth-order valence-electron chi connectivity index (χ4n) is 4.32. The summed E-state index contributed by atoms with van der Waals surface area (Å²) < 4.78 is 18.6. The molecule has 0 radical (unpaired) electrons. The van der Waals surface area contributed by atoms with E-state index in [1.165, 1.54) is 35.5 Å². The van der Waals surface area contributed by atoms with Crippen LogP contribution in [0.15, 0.2) is 78.9 Å². The molecule has 0 aliphatic carbocycles. The van der Waals surface area contributed by atoms with E-state index in [0.29, 0.717) is 12.3 Å². The van der Waals surface area contributed by atoms with Gasteiger partial charge in [0.25, 0.3) is 5.91 Å². The molecule has 0 saturated carbocycles. The summed E-state index contributed by atoms with van der Waals surface area (Å²) in [6.45, 7) is 4.03. The van der Waals surface area contributed by atoms with Gasteiger partial charge in [0, 0.05) is 58.2 Å². The van der Waals surface area contributed by atoms with Crippen molar-refractivity contribution in [3.8, 4) is 5.75 Å². The maximum Gasteiger partial charge on any atom is 0.258 e. The maximum absolute atomic E-state index is 13.1. The van der Waals surface area contributed by atoms with Crippen LogP contribution in [0.25, 0.3) is 0 Å². The Morgan fingerprint density at radius 3 is 2.23 bits per heavy atom. The molecule has 1 heterocycles. The summed E-state index contributed by atoms with van der Waals surface area (Å²) in [6.07, 6.45) is 0. The first-order valence-corrected chi connectivity index (χ1v) is 12.0. The lowest BCUT2D eigenvalue weighted by atomic mass is 10.0. The molecule has 35 heavy (non-hydrogen) atoms. The Morgan fingerprint density at radius 2 is 1.60 bits per heavy atom. The second-order valence-corrected chi connectivity index (χ2v) is 8.91. The van der Waals surface area contributed by atoms with Gasteiger partial charge >= 0.3 is 0 Å². The van der Waals surface area contributed by atoms with E-state index >= 15 is 0 Å². The summed E-state index contributed by atoms with van der Waals surface area (Å²) in [5.74, 6) is -0.0705. The van der Waals surface area contributed by atoms with Gasteiger partial charge in [-0.1, -0.05) is 30.3 Å². The number of hydrogen-bond acceptors (Lipinski definition) is 5. The monoisotopic (exact) mass is 476 g/mol. The number of nitrogens with zero attached hydrogens (tertiary/aromatic N) is 3. The molecule has 1 atom stereocenters. The summed E-state index contributed by atoms with van der Waals surface area (Å²) in [5, 5.41) is 3.04. The van der Waals surface area contributed by atoms with Crippen molar-refractivity contribution in [2.75, 3.05) is 63.2 Å². The molecule has 1 aliphatic heterocycles. The number of hydrogen-bond donors (Lipinski definition) is 1. The van der Waals surface area contributed by atoms with Crippen molar-refractivity contribution in [3.05, 3.63) is 90.2 Å². The predicted octanol–water partition coefficient (Wildman–Crippen LogP) is 3.95. The maximum atomic E-state index is 13.1. The number of halogens is 1. The topological polar surface area (TPSA) is 48.1 Å². The molecule has 1 aliphatic rings. The lowest BCUT2D eigenvalue weighted by Gasteiger charge is -2.40. The number of piperazine rings is 1. The van der Waals surface area contributed by atoms with Gasteiger partial charge in [-0.05, 0) is 54.1 Å². The number of nitrogens with one attached hydrogen (secondary N) is 1. The second-order valence-electron chi connectivity index (χ2n) is 8.91. The van der Waals surface area contributed by atoms with Gasteiger partial charge in [0.15, 0.2) is 6.61 Å². The predicted molar refractivity (Wildman–Crippen MR) is 139 cm³/mol. The van der Waals surface area contributed by atoms with Gasteiger partial charge in [-0.15, -0.1) is 0 Å². The van der Waals surface area contributed by atoms with Crippen LogP contribution >= 0.6 is 0 Å². The van der Waals surface area contributed by atoms with Gasteiger partial charge in [0.1, 0.15) is 11.6 Å². The lowest BCUT2D eigenvalue weighted by Crippen LogP contribution is -2.50. The minimum atomic E-state index is -0.336. The Kier molecular flexibility index (Phi) is 8.21. The van der Waals surface area contributed by atoms with Crippen molar-refractivity contribution in [2.24, 2.45) is 0 Å². The molecule has 1 fully saturated rings. The van der Waals surface area contributed by atoms with Crippen LogP contribution in [0.1, 0.15) is 11.6 Å². The molecule has 3 aromatic rings. The molecule has 184 valence electrons. The molecular weight excluding hydrogens is 443 g/mol. The summed E-state index contributed by atoms with van der Waals surface area (Å²) in [4.78, 5) is 19.5. The zero-order valence-electron chi connectivity index (χ0n) is 20.4. The first-order chi connectivity index (χ1) is 17.0. The summed E-state index contributed by atoms with van der Waals surface area (Å²) >= 11 is 0. The molecule has 3 aromatic carbocycles. The molecule has 0 spiro atoms. The number of carbonyl (C=O) groups excluding carboxylic acids is 1. The smallest absolute Gasteiger partial charge is 0.258 e. The fraction of sp³-hybridized carbons (Fsp3) is 0.321. The van der Waals surface area contributed by atoms with Crippen molar-refractivity contribution in [1.82, 2.24) is 10.2 Å². The average molecular weight is 477 g/mol. The quantitative estimate of drug-likeness (QED) is 0.507. The lowest BCUT2D eigenvalue weighted by molar-refractivity contribution is -0.123. The van der Waals surface area contributed by atoms with Crippen molar-refractivity contribution in [2.45, 2.75) is 6.04 Å². The summed E-state index contributed by atoms with van der Waals surface area (Å²) in [7, 11) is 4.05. The average Bonchev–Trinajstić information content (AvgIpc) is 2.89. The van der Waals surface area contributed by atoms with Crippen LogP contribution < -0.4 is 19.9 Å². The van der Waals surface area contributed by atoms with Gasteiger partial charge in [0.05, 0.1) is 6.04 Å². The molecule has 4 rings (SSSR count). The fourth-order valence-corrected chi connectivity index (χ4v) is 4.32. The number of para-hydroxylation sites is 1. The Morgan fingerprint density at radius 1 is 0.943 bits per heavy atom. The SMILES string of the molecule is CN(C)c1ccc([C@@H](CNC(=O)COc2ccc(F)cc2)N2CCN(c3ccccc3)CC2)cc1. The number of rotatable bonds is 9. The number of amides is 1. The van der Waals surface area contributed by atoms with Crippen molar-refractivity contribution in [1.29, 1.82) is 0 Å². The Bertz CT molecular complexity index is 1070. The zero-order chi connectivity index (χ0) is 24.6. The molecule has 0 unspecified atom stereocenters. The Hall–Kier alpha value is -3.58. The number of anilines is 2. The highest BCUT2D eigenvalue weighted by Crippen LogP contribution is 2.25. The van der Waals surface area contributed by atoms with Gasteiger partial charge in [-0.2, -0.15) is 0 Å². The van der Waals surface area contributed by atoms with Gasteiger partial charge in [-0.3, -0.25) is 9.69 Å². The van der Waals surface area contributed by atoms with Gasteiger partial charge < -0.3 is 19.9 Å². The first kappa shape index (κ1) is 24.5. The summed E-state index contributed by atoms with van der Waals surface area (Å²) in [5.41, 5.74) is 3.55.